The summed E-state index contributed by atoms with van der Waals surface area (Å²) in [7, 11) is 0. The number of fused-ring (bicyclic) bond motifs is 1. The Hall–Kier alpha value is -2.89. The van der Waals surface area contributed by atoms with E-state index in [-0.39, 0.29) is 17.6 Å². The number of aromatic nitrogens is 3. The van der Waals surface area contributed by atoms with E-state index in [0.717, 1.165) is 16.3 Å². The molecule has 3 rings (SSSR count). The summed E-state index contributed by atoms with van der Waals surface area (Å²) in [6, 6.07) is 14.1. The van der Waals surface area contributed by atoms with Crippen molar-refractivity contribution in [1.29, 1.82) is 0 Å². The number of nitrogens with zero attached hydrogens (tertiary/aromatic N) is 3. The average Bonchev–Trinajstić information content (AvgIpc) is 2.88. The number of ether oxygens (including phenoxy) is 1. The van der Waals surface area contributed by atoms with E-state index in [9.17, 15) is 4.79 Å². The maximum atomic E-state index is 11.9. The molecule has 1 heterocycles. The lowest BCUT2D eigenvalue weighted by Crippen LogP contribution is -2.14. The summed E-state index contributed by atoms with van der Waals surface area (Å²) in [5.41, 5.74) is 7.12. The molecular formula is C17H18N4O2. The maximum absolute atomic E-state index is 11.9. The zero-order valence-corrected chi connectivity index (χ0v) is 13.1. The molecule has 0 radical (unpaired) electrons. The Kier molecular flexibility index (Phi) is 3.97. The van der Waals surface area contributed by atoms with Gasteiger partial charge in [0.05, 0.1) is 12.6 Å². The van der Waals surface area contributed by atoms with Crippen LogP contribution in [0.5, 0.6) is 0 Å². The van der Waals surface area contributed by atoms with Crippen LogP contribution in [-0.2, 0) is 11.3 Å². The predicted octanol–water partition coefficient (Wildman–Crippen LogP) is 2.63. The van der Waals surface area contributed by atoms with Crippen molar-refractivity contribution in [3.05, 3.63) is 53.7 Å². The number of nitrogens with two attached hydrogens (primary N) is 1. The van der Waals surface area contributed by atoms with E-state index in [1.54, 1.807) is 13.8 Å². The number of hydrogen-bond acceptors (Lipinski definition) is 5. The molecule has 0 aliphatic carbocycles. The highest BCUT2D eigenvalue weighted by Gasteiger charge is 2.20. The van der Waals surface area contributed by atoms with Crippen LogP contribution in [0.15, 0.2) is 42.5 Å². The SMILES string of the molecule is CC(C)OC(=O)c1nnn(Cc2cccc3ccccc23)c1N. The first-order valence-electron chi connectivity index (χ1n) is 7.43. The van der Waals surface area contributed by atoms with E-state index >= 15 is 0 Å². The number of hydrogen-bond donors (Lipinski definition) is 1. The van der Waals surface area contributed by atoms with Gasteiger partial charge in [0.15, 0.2) is 5.82 Å². The van der Waals surface area contributed by atoms with Gasteiger partial charge in [0.25, 0.3) is 0 Å². The quantitative estimate of drug-likeness (QED) is 0.749. The first-order chi connectivity index (χ1) is 11.1. The van der Waals surface area contributed by atoms with Crippen molar-refractivity contribution in [2.45, 2.75) is 26.5 Å². The lowest BCUT2D eigenvalue weighted by Gasteiger charge is -2.08. The molecule has 0 aliphatic rings. The molecule has 0 fully saturated rings. The second-order valence-electron chi connectivity index (χ2n) is 5.57. The van der Waals surface area contributed by atoms with Crippen molar-refractivity contribution >= 4 is 22.6 Å². The Morgan fingerprint density at radius 2 is 1.96 bits per heavy atom. The van der Waals surface area contributed by atoms with Gasteiger partial charge in [-0.3, -0.25) is 0 Å². The molecule has 6 heteroatoms. The lowest BCUT2D eigenvalue weighted by molar-refractivity contribution is 0.0372. The van der Waals surface area contributed by atoms with Gasteiger partial charge in [0.2, 0.25) is 5.69 Å². The molecule has 23 heavy (non-hydrogen) atoms. The van der Waals surface area contributed by atoms with Crippen LogP contribution in [0.2, 0.25) is 0 Å². The highest BCUT2D eigenvalue weighted by molar-refractivity contribution is 5.92. The van der Waals surface area contributed by atoms with E-state index in [2.05, 4.69) is 22.4 Å². The summed E-state index contributed by atoms with van der Waals surface area (Å²) in [6.07, 6.45) is -0.231. The Morgan fingerprint density at radius 1 is 1.22 bits per heavy atom. The number of carbonyl (C=O) groups is 1. The summed E-state index contributed by atoms with van der Waals surface area (Å²) in [5.74, 6) is -0.342. The van der Waals surface area contributed by atoms with Gasteiger partial charge in [-0.05, 0) is 30.2 Å². The minimum atomic E-state index is -0.554. The summed E-state index contributed by atoms with van der Waals surface area (Å²) in [6.45, 7) is 3.98. The highest BCUT2D eigenvalue weighted by atomic mass is 16.5. The van der Waals surface area contributed by atoms with E-state index in [0.29, 0.717) is 6.54 Å². The minimum absolute atomic E-state index is 0.0546. The first-order valence-corrected chi connectivity index (χ1v) is 7.43. The number of nitrogen functional groups attached to an aromatic ring is 1. The zero-order chi connectivity index (χ0) is 16.4. The maximum Gasteiger partial charge on any atom is 0.363 e. The fourth-order valence-corrected chi connectivity index (χ4v) is 2.44. The Labute approximate surface area is 133 Å². The highest BCUT2D eigenvalue weighted by Crippen LogP contribution is 2.20. The van der Waals surface area contributed by atoms with Crippen LogP contribution in [0.3, 0.4) is 0 Å². The molecule has 0 atom stereocenters. The zero-order valence-electron chi connectivity index (χ0n) is 13.1. The van der Waals surface area contributed by atoms with Gasteiger partial charge in [0.1, 0.15) is 0 Å². The third kappa shape index (κ3) is 3.01. The molecule has 0 saturated carbocycles. The summed E-state index contributed by atoms with van der Waals surface area (Å²) in [5, 5.41) is 10.1. The van der Waals surface area contributed by atoms with Crippen LogP contribution < -0.4 is 5.73 Å². The van der Waals surface area contributed by atoms with E-state index in [4.69, 9.17) is 10.5 Å². The third-order valence-electron chi connectivity index (χ3n) is 3.51. The lowest BCUT2D eigenvalue weighted by atomic mass is 10.0. The van der Waals surface area contributed by atoms with Crippen molar-refractivity contribution in [2.24, 2.45) is 0 Å². The minimum Gasteiger partial charge on any atom is -0.458 e. The normalized spacial score (nSPS) is 11.1. The molecule has 0 bridgehead atoms. The Morgan fingerprint density at radius 3 is 2.74 bits per heavy atom. The number of rotatable bonds is 4. The number of carbonyl (C=O) groups excluding carboxylic acids is 1. The van der Waals surface area contributed by atoms with E-state index < -0.39 is 5.97 Å². The smallest absolute Gasteiger partial charge is 0.363 e. The average molecular weight is 310 g/mol. The number of esters is 1. The van der Waals surface area contributed by atoms with E-state index in [1.807, 2.05) is 30.3 Å². The molecule has 3 aromatic rings. The van der Waals surface area contributed by atoms with Gasteiger partial charge in [-0.1, -0.05) is 47.7 Å². The van der Waals surface area contributed by atoms with Crippen LogP contribution in [0.25, 0.3) is 10.8 Å². The van der Waals surface area contributed by atoms with Crippen LogP contribution in [-0.4, -0.2) is 27.1 Å². The topological polar surface area (TPSA) is 83.0 Å². The second-order valence-corrected chi connectivity index (χ2v) is 5.57. The molecular weight excluding hydrogens is 292 g/mol. The molecule has 6 nitrogen and oxygen atoms in total. The molecule has 2 N–H and O–H groups in total. The Bertz CT molecular complexity index is 849. The van der Waals surface area contributed by atoms with Crippen molar-refractivity contribution in [3.63, 3.8) is 0 Å². The van der Waals surface area contributed by atoms with Gasteiger partial charge in [0, 0.05) is 0 Å². The van der Waals surface area contributed by atoms with Crippen molar-refractivity contribution in [2.75, 3.05) is 5.73 Å². The second kappa shape index (κ2) is 6.08. The van der Waals surface area contributed by atoms with Crippen LogP contribution in [0.1, 0.15) is 29.9 Å². The largest absolute Gasteiger partial charge is 0.458 e. The molecule has 0 spiro atoms. The van der Waals surface area contributed by atoms with Crippen LogP contribution in [0.4, 0.5) is 5.82 Å². The standard InChI is InChI=1S/C17H18N4O2/c1-11(2)23-17(22)15-16(18)21(20-19-15)10-13-8-5-7-12-6-3-4-9-14(12)13/h3-9,11H,10,18H2,1-2H3. The van der Waals surface area contributed by atoms with Crippen LogP contribution in [0, 0.1) is 0 Å². The molecule has 0 saturated heterocycles. The molecule has 0 aliphatic heterocycles. The Balaban J connectivity index is 1.91. The van der Waals surface area contributed by atoms with Crippen molar-refractivity contribution < 1.29 is 9.53 Å². The van der Waals surface area contributed by atoms with E-state index in [1.165, 1.54) is 4.68 Å². The van der Waals surface area contributed by atoms with Gasteiger partial charge in [-0.25, -0.2) is 9.48 Å². The summed E-state index contributed by atoms with van der Waals surface area (Å²) < 4.78 is 6.63. The summed E-state index contributed by atoms with van der Waals surface area (Å²) in [4.78, 5) is 11.9. The molecule has 0 unspecified atom stereocenters. The van der Waals surface area contributed by atoms with Gasteiger partial charge < -0.3 is 10.5 Å². The first kappa shape index (κ1) is 15.0. The monoisotopic (exact) mass is 310 g/mol. The molecule has 1 aromatic heterocycles. The van der Waals surface area contributed by atoms with Gasteiger partial charge in [-0.15, -0.1) is 5.10 Å². The van der Waals surface area contributed by atoms with Crippen molar-refractivity contribution in [1.82, 2.24) is 15.0 Å². The molecule has 0 amide bonds. The molecule has 118 valence electrons. The third-order valence-corrected chi connectivity index (χ3v) is 3.51. The summed E-state index contributed by atoms with van der Waals surface area (Å²) >= 11 is 0. The number of anilines is 1. The van der Waals surface area contributed by atoms with Crippen molar-refractivity contribution in [3.8, 4) is 0 Å². The van der Waals surface area contributed by atoms with Gasteiger partial charge in [-0.2, -0.15) is 0 Å². The predicted molar refractivity (Wildman–Crippen MR) is 88.0 cm³/mol. The van der Waals surface area contributed by atoms with Crippen LogP contribution >= 0.6 is 0 Å². The fraction of sp³-hybridized carbons (Fsp3) is 0.235. The van der Waals surface area contributed by atoms with Gasteiger partial charge >= 0.3 is 5.97 Å². The fourth-order valence-electron chi connectivity index (χ4n) is 2.44. The molecule has 2 aromatic carbocycles. The number of benzene rings is 2.